The second-order valence-electron chi connectivity index (χ2n) is 11.7. The molecule has 0 radical (unpaired) electrons. The van der Waals surface area contributed by atoms with E-state index in [-0.39, 0.29) is 46.2 Å². The van der Waals surface area contributed by atoms with Crippen molar-refractivity contribution in [3.63, 3.8) is 0 Å². The van der Waals surface area contributed by atoms with Gasteiger partial charge in [0, 0.05) is 24.9 Å². The lowest BCUT2D eigenvalue weighted by Gasteiger charge is -2.38. The Bertz CT molecular complexity index is 1310. The lowest BCUT2D eigenvalue weighted by atomic mass is 9.98. The molecule has 38 heavy (non-hydrogen) atoms. The van der Waals surface area contributed by atoms with Crippen LogP contribution in [0.3, 0.4) is 0 Å². The van der Waals surface area contributed by atoms with E-state index >= 15 is 0 Å². The number of benzene rings is 1. The molecule has 5 rings (SSSR count). The summed E-state index contributed by atoms with van der Waals surface area (Å²) < 4.78 is 57.1. The first-order valence-electron chi connectivity index (χ1n) is 13.1. The summed E-state index contributed by atoms with van der Waals surface area (Å²) in [6.45, 7) is 8.17. The average Bonchev–Trinajstić information content (AvgIpc) is 3.67. The molecule has 0 N–H and O–H groups in total. The first kappa shape index (κ1) is 26.6. The first-order chi connectivity index (χ1) is 17.9. The van der Waals surface area contributed by atoms with Crippen molar-refractivity contribution in [3.05, 3.63) is 35.9 Å². The van der Waals surface area contributed by atoms with Gasteiger partial charge in [0.15, 0.2) is 21.4 Å². The van der Waals surface area contributed by atoms with Crippen molar-refractivity contribution in [3.8, 4) is 17.5 Å². The monoisotopic (exact) mass is 547 g/mol. The highest BCUT2D eigenvalue weighted by atomic mass is 32.2. The molecule has 2 aromatic rings. The Morgan fingerprint density at radius 3 is 2.34 bits per heavy atom. The topological polar surface area (TPSA) is 108 Å². The van der Waals surface area contributed by atoms with Crippen LogP contribution in [-0.2, 0) is 14.6 Å². The lowest BCUT2D eigenvalue weighted by molar-refractivity contribution is 0.0201. The zero-order valence-corrected chi connectivity index (χ0v) is 23.0. The number of fused-ring (bicyclic) bond motifs is 2. The second kappa shape index (κ2) is 9.98. The molecular weight excluding hydrogens is 513 g/mol. The molecule has 0 spiro atoms. The maximum atomic E-state index is 14.8. The van der Waals surface area contributed by atoms with Crippen molar-refractivity contribution in [1.29, 1.82) is 0 Å². The van der Waals surface area contributed by atoms with Crippen LogP contribution in [0, 0.1) is 18.2 Å². The summed E-state index contributed by atoms with van der Waals surface area (Å²) in [5, 5.41) is -0.422. The molecule has 3 atom stereocenters. The SMILES string of the molecule is Cc1c(Oc2ccc(S(=O)(=O)C3CC3)cc2F)ncnc1OC1CC2CC[C@@H](C1)N2C(=O)OCC(C)(C)C. The molecule has 206 valence electrons. The van der Waals surface area contributed by atoms with Crippen LogP contribution in [0.2, 0.25) is 0 Å². The van der Waals surface area contributed by atoms with Gasteiger partial charge < -0.3 is 19.1 Å². The number of piperidine rings is 1. The van der Waals surface area contributed by atoms with Gasteiger partial charge in [-0.3, -0.25) is 0 Å². The van der Waals surface area contributed by atoms with Gasteiger partial charge in [-0.05, 0) is 56.2 Å². The number of aromatic nitrogens is 2. The molecular formula is C27H34FN3O6S. The zero-order valence-electron chi connectivity index (χ0n) is 22.1. The van der Waals surface area contributed by atoms with E-state index in [2.05, 4.69) is 9.97 Å². The summed E-state index contributed by atoms with van der Waals surface area (Å²) in [4.78, 5) is 23.0. The molecule has 2 bridgehead atoms. The molecule has 9 nitrogen and oxygen atoms in total. The Morgan fingerprint density at radius 1 is 1.08 bits per heavy atom. The Kier molecular flexibility index (Phi) is 7.00. The minimum absolute atomic E-state index is 0.0449. The third kappa shape index (κ3) is 5.57. The number of hydrogen-bond acceptors (Lipinski definition) is 8. The summed E-state index contributed by atoms with van der Waals surface area (Å²) in [6.07, 6.45) is 5.20. The predicted molar refractivity (Wildman–Crippen MR) is 137 cm³/mol. The van der Waals surface area contributed by atoms with Gasteiger partial charge in [0.05, 0.1) is 22.3 Å². The number of carbonyl (C=O) groups excluding carboxylic acids is 1. The van der Waals surface area contributed by atoms with E-state index < -0.39 is 20.9 Å². The smallest absolute Gasteiger partial charge is 0.410 e. The number of halogens is 1. The lowest BCUT2D eigenvalue weighted by Crippen LogP contribution is -2.49. The molecule has 2 unspecified atom stereocenters. The van der Waals surface area contributed by atoms with Gasteiger partial charge in [0.2, 0.25) is 11.8 Å². The fourth-order valence-corrected chi connectivity index (χ4v) is 6.76. The predicted octanol–water partition coefficient (Wildman–Crippen LogP) is 5.21. The van der Waals surface area contributed by atoms with Crippen LogP contribution < -0.4 is 9.47 Å². The number of rotatable bonds is 7. The third-order valence-corrected chi connectivity index (χ3v) is 9.46. The molecule has 2 aliphatic heterocycles. The van der Waals surface area contributed by atoms with E-state index in [9.17, 15) is 17.6 Å². The highest BCUT2D eigenvalue weighted by molar-refractivity contribution is 7.92. The molecule has 1 aliphatic carbocycles. The molecule has 11 heteroatoms. The Labute approximate surface area is 222 Å². The highest BCUT2D eigenvalue weighted by Gasteiger charge is 2.45. The third-order valence-electron chi connectivity index (χ3n) is 7.20. The van der Waals surface area contributed by atoms with Crippen molar-refractivity contribution >= 4 is 15.9 Å². The van der Waals surface area contributed by atoms with Crippen molar-refractivity contribution in [2.75, 3.05) is 6.61 Å². The minimum atomic E-state index is -3.51. The number of ether oxygens (including phenoxy) is 3. The molecule has 1 saturated carbocycles. The van der Waals surface area contributed by atoms with Crippen LogP contribution in [0.15, 0.2) is 29.4 Å². The van der Waals surface area contributed by atoms with Crippen LogP contribution in [0.5, 0.6) is 17.5 Å². The average molecular weight is 548 g/mol. The standard InChI is InChI=1S/C27H34FN3O6S/c1-16-24(36-19-11-17-5-6-18(12-19)31(17)26(32)35-14-27(2,3)4)29-15-30-25(16)37-23-10-9-21(13-22(23)28)38(33,34)20-7-8-20/h9-10,13,15,17-20H,5-8,11-12,14H2,1-4H3/t17-,18?,19?/m0/s1. The van der Waals surface area contributed by atoms with Gasteiger partial charge in [-0.2, -0.15) is 0 Å². The Balaban J connectivity index is 1.24. The fraction of sp³-hybridized carbons (Fsp3) is 0.593. The number of carbonyl (C=O) groups is 1. The summed E-state index contributed by atoms with van der Waals surface area (Å²) in [5.41, 5.74) is 0.403. The molecule has 3 aliphatic rings. The van der Waals surface area contributed by atoms with E-state index in [0.717, 1.165) is 18.9 Å². The summed E-state index contributed by atoms with van der Waals surface area (Å²) in [7, 11) is -3.51. The van der Waals surface area contributed by atoms with E-state index in [1.807, 2.05) is 25.7 Å². The van der Waals surface area contributed by atoms with Crippen LogP contribution >= 0.6 is 0 Å². The van der Waals surface area contributed by atoms with Crippen molar-refractivity contribution in [1.82, 2.24) is 14.9 Å². The van der Waals surface area contributed by atoms with Gasteiger partial charge in [0.25, 0.3) is 0 Å². The van der Waals surface area contributed by atoms with Crippen LogP contribution in [0.25, 0.3) is 0 Å². The van der Waals surface area contributed by atoms with E-state index in [4.69, 9.17) is 14.2 Å². The maximum absolute atomic E-state index is 14.8. The zero-order chi connectivity index (χ0) is 27.2. The number of sulfone groups is 1. The summed E-state index contributed by atoms with van der Waals surface area (Å²) >= 11 is 0. The fourth-order valence-electron chi connectivity index (χ4n) is 5.09. The molecule has 1 aromatic carbocycles. The summed E-state index contributed by atoms with van der Waals surface area (Å²) in [5.74, 6) is -0.462. The van der Waals surface area contributed by atoms with Crippen LogP contribution in [-0.4, -0.2) is 59.4 Å². The Hall–Kier alpha value is -2.95. The van der Waals surface area contributed by atoms with Gasteiger partial charge >= 0.3 is 6.09 Å². The number of amides is 1. The second-order valence-corrected chi connectivity index (χ2v) is 13.9. The van der Waals surface area contributed by atoms with Crippen molar-refractivity contribution in [2.45, 2.75) is 94.6 Å². The van der Waals surface area contributed by atoms with E-state index in [0.29, 0.717) is 43.7 Å². The van der Waals surface area contributed by atoms with Gasteiger partial charge in [0.1, 0.15) is 12.4 Å². The maximum Gasteiger partial charge on any atom is 0.410 e. The quantitative estimate of drug-likeness (QED) is 0.465. The van der Waals surface area contributed by atoms with Crippen LogP contribution in [0.4, 0.5) is 9.18 Å². The largest absolute Gasteiger partial charge is 0.474 e. The van der Waals surface area contributed by atoms with Gasteiger partial charge in [-0.15, -0.1) is 0 Å². The molecule has 3 fully saturated rings. The van der Waals surface area contributed by atoms with E-state index in [1.54, 1.807) is 6.92 Å². The molecule has 1 aromatic heterocycles. The normalized spacial score (nSPS) is 23.3. The number of nitrogens with zero attached hydrogens (tertiary/aromatic N) is 3. The minimum Gasteiger partial charge on any atom is -0.474 e. The van der Waals surface area contributed by atoms with Crippen LogP contribution in [0.1, 0.15) is 64.9 Å². The molecule has 2 saturated heterocycles. The van der Waals surface area contributed by atoms with Crippen molar-refractivity contribution in [2.24, 2.45) is 5.41 Å². The van der Waals surface area contributed by atoms with Gasteiger partial charge in [-0.25, -0.2) is 27.6 Å². The summed E-state index contributed by atoms with van der Waals surface area (Å²) in [6, 6.07) is 3.74. The van der Waals surface area contributed by atoms with E-state index in [1.165, 1.54) is 18.5 Å². The molecule has 1 amide bonds. The first-order valence-corrected chi connectivity index (χ1v) is 14.6. The van der Waals surface area contributed by atoms with Gasteiger partial charge in [-0.1, -0.05) is 20.8 Å². The highest BCUT2D eigenvalue weighted by Crippen LogP contribution is 2.39. The Morgan fingerprint density at radius 2 is 1.74 bits per heavy atom. The number of hydrogen-bond donors (Lipinski definition) is 0. The van der Waals surface area contributed by atoms with Crippen molar-refractivity contribution < 1.29 is 31.8 Å². The molecule has 3 heterocycles.